The average Bonchev–Trinajstić information content (AvgIpc) is 1.91. The molecule has 0 aliphatic rings. The Bertz CT molecular complexity index is 168. The zero-order chi connectivity index (χ0) is 6.53. The van der Waals surface area contributed by atoms with Crippen molar-refractivity contribution >= 4 is 11.6 Å². The molecule has 0 N–H and O–H groups in total. The molecule has 1 rings (SSSR count). The molecule has 0 bridgehead atoms. The molecule has 0 amide bonds. The van der Waals surface area contributed by atoms with E-state index in [0.717, 1.165) is 0 Å². The van der Waals surface area contributed by atoms with Crippen molar-refractivity contribution in [1.29, 1.82) is 0 Å². The molecule has 0 spiro atoms. The minimum absolute atomic E-state index is 0.0873. The van der Waals surface area contributed by atoms with Crippen molar-refractivity contribution in [3.63, 3.8) is 0 Å². The van der Waals surface area contributed by atoms with Gasteiger partial charge in [-0.1, -0.05) is 11.6 Å². The van der Waals surface area contributed by atoms with Crippen LogP contribution in [-0.2, 0) is 0 Å². The monoisotopic (exact) mass is 144 g/mol. The lowest BCUT2D eigenvalue weighted by molar-refractivity contribution is 0.355. The van der Waals surface area contributed by atoms with E-state index in [1.807, 2.05) is 0 Å². The Morgan fingerprint density at radius 3 is 2.67 bits per heavy atom. The van der Waals surface area contributed by atoms with Gasteiger partial charge in [0.1, 0.15) is 0 Å². The van der Waals surface area contributed by atoms with Crippen molar-refractivity contribution < 1.29 is 4.74 Å². The second-order valence-electron chi connectivity index (χ2n) is 1.28. The Morgan fingerprint density at radius 2 is 2.11 bits per heavy atom. The third-order valence-corrected chi connectivity index (χ3v) is 0.835. The molecule has 0 radical (unpaired) electrons. The molecule has 9 heavy (non-hydrogen) atoms. The van der Waals surface area contributed by atoms with E-state index in [9.17, 15) is 0 Å². The van der Waals surface area contributed by atoms with Gasteiger partial charge >= 0.3 is 6.01 Å². The van der Waals surface area contributed by atoms with Crippen molar-refractivity contribution in [2.45, 2.75) is 0 Å². The van der Waals surface area contributed by atoms with Crippen LogP contribution in [0.15, 0.2) is 18.5 Å². The smallest absolute Gasteiger partial charge is 0.317 e. The highest BCUT2D eigenvalue weighted by atomic mass is 35.5. The third kappa shape index (κ3) is 1.85. The van der Waals surface area contributed by atoms with E-state index in [1.54, 1.807) is 18.5 Å². The molecule has 48 valence electrons. The topological polar surface area (TPSA) is 35.0 Å². The number of alkyl halides is 1. The molecule has 0 atom stereocenters. The van der Waals surface area contributed by atoms with Crippen molar-refractivity contribution in [3.05, 3.63) is 18.5 Å². The van der Waals surface area contributed by atoms with Crippen LogP contribution >= 0.6 is 11.6 Å². The number of hydrogen-bond acceptors (Lipinski definition) is 3. The van der Waals surface area contributed by atoms with Gasteiger partial charge in [0, 0.05) is 12.4 Å². The molecule has 0 fully saturated rings. The van der Waals surface area contributed by atoms with Crippen LogP contribution in [0.2, 0.25) is 0 Å². The minimum atomic E-state index is 0.0873. The van der Waals surface area contributed by atoms with Crippen LogP contribution in [0.5, 0.6) is 6.01 Å². The summed E-state index contributed by atoms with van der Waals surface area (Å²) in [5, 5.41) is 0. The van der Waals surface area contributed by atoms with Crippen molar-refractivity contribution in [2.75, 3.05) is 6.07 Å². The summed E-state index contributed by atoms with van der Waals surface area (Å²) in [4.78, 5) is 7.50. The van der Waals surface area contributed by atoms with Gasteiger partial charge in [-0.25, -0.2) is 9.97 Å². The molecule has 1 aromatic heterocycles. The van der Waals surface area contributed by atoms with Gasteiger partial charge in [-0.2, -0.15) is 0 Å². The van der Waals surface area contributed by atoms with Crippen LogP contribution in [0.4, 0.5) is 0 Å². The standard InChI is InChI=1S/C5H5ClN2O/c6-4-9-5-7-2-1-3-8-5/h1-3H,4H2. The third-order valence-electron chi connectivity index (χ3n) is 0.726. The minimum Gasteiger partial charge on any atom is -0.447 e. The second-order valence-corrected chi connectivity index (χ2v) is 1.50. The van der Waals surface area contributed by atoms with E-state index in [0.29, 0.717) is 6.01 Å². The van der Waals surface area contributed by atoms with Gasteiger partial charge in [-0.15, -0.1) is 0 Å². The van der Waals surface area contributed by atoms with Gasteiger partial charge in [-0.3, -0.25) is 0 Å². The highest BCUT2D eigenvalue weighted by Crippen LogP contribution is 1.96. The maximum Gasteiger partial charge on any atom is 0.317 e. The molecule has 1 heterocycles. The first kappa shape index (κ1) is 6.29. The van der Waals surface area contributed by atoms with Gasteiger partial charge in [0.25, 0.3) is 0 Å². The Balaban J connectivity index is 2.61. The number of nitrogens with zero attached hydrogens (tertiary/aromatic N) is 2. The van der Waals surface area contributed by atoms with Gasteiger partial charge in [-0.05, 0) is 6.07 Å². The molecule has 0 saturated carbocycles. The first-order chi connectivity index (χ1) is 4.43. The fraction of sp³-hybridized carbons (Fsp3) is 0.200. The molecule has 0 aliphatic heterocycles. The summed E-state index contributed by atoms with van der Waals surface area (Å²) in [6.07, 6.45) is 3.18. The van der Waals surface area contributed by atoms with E-state index in [1.165, 1.54) is 0 Å². The fourth-order valence-electron chi connectivity index (χ4n) is 0.409. The lowest BCUT2D eigenvalue weighted by Gasteiger charge is -1.94. The summed E-state index contributed by atoms with van der Waals surface area (Å²) in [6, 6.07) is 2.11. The van der Waals surface area contributed by atoms with Gasteiger partial charge in [0.05, 0.1) is 0 Å². The Hall–Kier alpha value is -0.830. The van der Waals surface area contributed by atoms with Crippen LogP contribution in [0.25, 0.3) is 0 Å². The lowest BCUT2D eigenvalue weighted by atomic mass is 10.7. The van der Waals surface area contributed by atoms with Gasteiger partial charge in [0.15, 0.2) is 6.07 Å². The molecule has 0 unspecified atom stereocenters. The van der Waals surface area contributed by atoms with E-state index in [-0.39, 0.29) is 6.07 Å². The summed E-state index contributed by atoms with van der Waals surface area (Å²) in [7, 11) is 0. The highest BCUT2D eigenvalue weighted by Gasteiger charge is 1.88. The Labute approximate surface area is 57.7 Å². The zero-order valence-corrected chi connectivity index (χ0v) is 5.38. The first-order valence-electron chi connectivity index (χ1n) is 2.39. The number of hydrogen-bond donors (Lipinski definition) is 0. The van der Waals surface area contributed by atoms with E-state index >= 15 is 0 Å². The summed E-state index contributed by atoms with van der Waals surface area (Å²) in [6.45, 7) is 0. The van der Waals surface area contributed by atoms with Crippen LogP contribution < -0.4 is 4.74 Å². The quantitative estimate of drug-likeness (QED) is 0.582. The fourth-order valence-corrected chi connectivity index (χ4v) is 0.506. The predicted octanol–water partition coefficient (Wildman–Crippen LogP) is 1.05. The summed E-state index contributed by atoms with van der Waals surface area (Å²) in [5.41, 5.74) is 0. The second kappa shape index (κ2) is 3.25. The van der Waals surface area contributed by atoms with Crippen molar-refractivity contribution in [3.8, 4) is 6.01 Å². The highest BCUT2D eigenvalue weighted by molar-refractivity contribution is 6.17. The predicted molar refractivity (Wildman–Crippen MR) is 33.4 cm³/mol. The van der Waals surface area contributed by atoms with Crippen LogP contribution in [0.1, 0.15) is 0 Å². The van der Waals surface area contributed by atoms with Crippen molar-refractivity contribution in [2.24, 2.45) is 0 Å². The van der Waals surface area contributed by atoms with Crippen LogP contribution in [0, 0.1) is 0 Å². The molecular weight excluding hydrogens is 140 g/mol. The van der Waals surface area contributed by atoms with Crippen LogP contribution in [-0.4, -0.2) is 16.0 Å². The number of ether oxygens (including phenoxy) is 1. The molecule has 0 aliphatic carbocycles. The van der Waals surface area contributed by atoms with Gasteiger partial charge < -0.3 is 4.74 Å². The first-order valence-corrected chi connectivity index (χ1v) is 2.92. The van der Waals surface area contributed by atoms with E-state index < -0.39 is 0 Å². The van der Waals surface area contributed by atoms with E-state index in [4.69, 9.17) is 16.3 Å². The number of halogens is 1. The average molecular weight is 145 g/mol. The number of aromatic nitrogens is 2. The molecule has 0 saturated heterocycles. The number of rotatable bonds is 2. The lowest BCUT2D eigenvalue weighted by Crippen LogP contribution is -1.93. The maximum atomic E-state index is 5.23. The Kier molecular flexibility index (Phi) is 2.27. The van der Waals surface area contributed by atoms with Crippen molar-refractivity contribution in [1.82, 2.24) is 9.97 Å². The maximum absolute atomic E-state index is 5.23. The molecular formula is C5H5ClN2O. The zero-order valence-electron chi connectivity index (χ0n) is 4.62. The largest absolute Gasteiger partial charge is 0.447 e. The summed E-state index contributed by atoms with van der Waals surface area (Å²) >= 11 is 5.23. The molecule has 4 heteroatoms. The Morgan fingerprint density at radius 1 is 1.44 bits per heavy atom. The molecule has 0 aromatic carbocycles. The summed E-state index contributed by atoms with van der Waals surface area (Å²) in [5.74, 6) is 0. The summed E-state index contributed by atoms with van der Waals surface area (Å²) < 4.78 is 4.75. The molecule has 3 nitrogen and oxygen atoms in total. The molecule has 1 aromatic rings. The van der Waals surface area contributed by atoms with Crippen LogP contribution in [0.3, 0.4) is 0 Å². The SMILES string of the molecule is ClCOc1ncccn1. The normalized spacial score (nSPS) is 9.00. The van der Waals surface area contributed by atoms with Gasteiger partial charge in [0.2, 0.25) is 0 Å². The van der Waals surface area contributed by atoms with E-state index in [2.05, 4.69) is 9.97 Å².